The van der Waals surface area contributed by atoms with Crippen LogP contribution in [0.5, 0.6) is 0 Å². The van der Waals surface area contributed by atoms with E-state index in [0.717, 1.165) is 0 Å². The van der Waals surface area contributed by atoms with Crippen LogP contribution in [-0.2, 0) is 0 Å². The van der Waals surface area contributed by atoms with Gasteiger partial charge in [0.2, 0.25) is 0 Å². The van der Waals surface area contributed by atoms with Crippen LogP contribution < -0.4 is 0 Å². The largest absolute Gasteiger partial charge is 0.134 e. The average molecular weight is 795 g/mol. The van der Waals surface area contributed by atoms with E-state index >= 15 is 0 Å². The predicted molar refractivity (Wildman–Crippen MR) is 264 cm³/mol. The van der Waals surface area contributed by atoms with Gasteiger partial charge in [-0.3, -0.25) is 0 Å². The Bertz CT molecular complexity index is 3830. The molecule has 0 spiro atoms. The molecule has 2 heterocycles. The first kappa shape index (κ1) is 33.8. The van der Waals surface area contributed by atoms with Gasteiger partial charge in [-0.2, -0.15) is 0 Å². The summed E-state index contributed by atoms with van der Waals surface area (Å²) in [5, 5.41) is 15.6. The minimum Gasteiger partial charge on any atom is -0.134 e. The van der Waals surface area contributed by atoms with Crippen molar-refractivity contribution in [3.05, 3.63) is 206 Å². The highest BCUT2D eigenvalue weighted by molar-refractivity contribution is 7.30. The standard InChI is InChI=1S/C58H34S2/c1-2-13-35(14-3-1)36-15-12-16-39(33-36)54-45-20-6-8-22-47(45)55(48-23-9-7-21-46(48)54)49-30-29-40(42-17-4-5-18-43(42)49)37-25-27-41-38(34-37)26-28-51-56-53(60-57(41)51)32-31-50-44-19-10-11-24-52(44)59-58(50)56/h1-34H. The van der Waals surface area contributed by atoms with Gasteiger partial charge in [0.1, 0.15) is 0 Å². The fraction of sp³-hybridized carbons (Fsp3) is 0. The van der Waals surface area contributed by atoms with E-state index < -0.39 is 0 Å². The van der Waals surface area contributed by atoms with Crippen LogP contribution in [0.25, 0.3) is 128 Å². The highest BCUT2D eigenvalue weighted by Crippen LogP contribution is 2.49. The second-order valence-corrected chi connectivity index (χ2v) is 18.0. The van der Waals surface area contributed by atoms with Crippen molar-refractivity contribution < 1.29 is 0 Å². The molecule has 13 aromatic rings. The van der Waals surface area contributed by atoms with Crippen LogP contribution in [0.2, 0.25) is 0 Å². The quantitative estimate of drug-likeness (QED) is 0.156. The summed E-state index contributed by atoms with van der Waals surface area (Å²) in [7, 11) is 0. The van der Waals surface area contributed by atoms with Gasteiger partial charge in [0.15, 0.2) is 0 Å². The normalized spacial score (nSPS) is 12.0. The van der Waals surface area contributed by atoms with Crippen LogP contribution >= 0.6 is 22.7 Å². The third-order valence-electron chi connectivity index (χ3n) is 12.7. The highest BCUT2D eigenvalue weighted by Gasteiger charge is 2.20. The van der Waals surface area contributed by atoms with Gasteiger partial charge in [-0.1, -0.05) is 182 Å². The van der Waals surface area contributed by atoms with Gasteiger partial charge in [-0.25, -0.2) is 0 Å². The van der Waals surface area contributed by atoms with Crippen LogP contribution in [-0.4, -0.2) is 0 Å². The molecule has 0 aliphatic heterocycles. The van der Waals surface area contributed by atoms with Crippen molar-refractivity contribution in [3.8, 4) is 44.5 Å². The molecule has 0 bridgehead atoms. The molecule has 0 aliphatic carbocycles. The minimum absolute atomic E-state index is 1.22. The van der Waals surface area contributed by atoms with Crippen molar-refractivity contribution in [2.75, 3.05) is 0 Å². The summed E-state index contributed by atoms with van der Waals surface area (Å²) in [5.41, 5.74) is 9.99. The fourth-order valence-corrected chi connectivity index (χ4v) is 12.6. The first-order valence-electron chi connectivity index (χ1n) is 20.6. The van der Waals surface area contributed by atoms with Crippen molar-refractivity contribution in [2.24, 2.45) is 0 Å². The van der Waals surface area contributed by atoms with E-state index in [1.807, 2.05) is 22.7 Å². The van der Waals surface area contributed by atoms with Crippen LogP contribution in [0.4, 0.5) is 0 Å². The number of hydrogen-bond acceptors (Lipinski definition) is 2. The summed E-state index contributed by atoms with van der Waals surface area (Å²) >= 11 is 3.85. The zero-order valence-electron chi connectivity index (χ0n) is 32.4. The van der Waals surface area contributed by atoms with Crippen LogP contribution in [0.3, 0.4) is 0 Å². The second-order valence-electron chi connectivity index (χ2n) is 15.9. The minimum atomic E-state index is 1.22. The van der Waals surface area contributed by atoms with Gasteiger partial charge >= 0.3 is 0 Å². The van der Waals surface area contributed by atoms with E-state index in [-0.39, 0.29) is 0 Å². The maximum absolute atomic E-state index is 2.40. The number of thiophene rings is 2. The molecule has 0 amide bonds. The molecule has 0 saturated heterocycles. The number of fused-ring (bicyclic) bond motifs is 12. The molecule has 0 fully saturated rings. The predicted octanol–water partition coefficient (Wildman–Crippen LogP) is 17.7. The fourth-order valence-electron chi connectivity index (χ4n) is 9.98. The van der Waals surface area contributed by atoms with Crippen LogP contribution in [0, 0.1) is 0 Å². The van der Waals surface area contributed by atoms with Crippen molar-refractivity contribution in [2.45, 2.75) is 0 Å². The lowest BCUT2D eigenvalue weighted by molar-refractivity contribution is 1.61. The Morgan fingerprint density at radius 1 is 0.250 bits per heavy atom. The van der Waals surface area contributed by atoms with E-state index in [1.54, 1.807) is 0 Å². The van der Waals surface area contributed by atoms with Crippen molar-refractivity contribution >= 4 is 106 Å². The molecule has 0 radical (unpaired) electrons. The lowest BCUT2D eigenvalue weighted by atomic mass is 9.83. The van der Waals surface area contributed by atoms with Gasteiger partial charge in [-0.15, -0.1) is 22.7 Å². The Morgan fingerprint density at radius 2 is 0.817 bits per heavy atom. The van der Waals surface area contributed by atoms with Gasteiger partial charge < -0.3 is 0 Å². The summed E-state index contributed by atoms with van der Waals surface area (Å²) in [6.45, 7) is 0. The van der Waals surface area contributed by atoms with Crippen molar-refractivity contribution in [1.82, 2.24) is 0 Å². The topological polar surface area (TPSA) is 0 Å². The average Bonchev–Trinajstić information content (AvgIpc) is 3.89. The maximum atomic E-state index is 2.40. The van der Waals surface area contributed by atoms with Crippen molar-refractivity contribution in [1.29, 1.82) is 0 Å². The summed E-state index contributed by atoms with van der Waals surface area (Å²) in [5.74, 6) is 0. The molecule has 0 atom stereocenters. The first-order valence-corrected chi connectivity index (χ1v) is 22.2. The molecule has 2 heteroatoms. The third-order valence-corrected chi connectivity index (χ3v) is 15.1. The number of hydrogen-bond donors (Lipinski definition) is 0. The molecule has 0 N–H and O–H groups in total. The molecule has 278 valence electrons. The lowest BCUT2D eigenvalue weighted by Gasteiger charge is -2.20. The Hall–Kier alpha value is -7.10. The van der Waals surface area contributed by atoms with E-state index in [2.05, 4.69) is 206 Å². The molecular formula is C58H34S2. The zero-order valence-corrected chi connectivity index (χ0v) is 34.1. The summed E-state index contributed by atoms with van der Waals surface area (Å²) in [4.78, 5) is 0. The molecular weight excluding hydrogens is 761 g/mol. The van der Waals surface area contributed by atoms with E-state index in [1.165, 1.54) is 128 Å². The maximum Gasteiger partial charge on any atom is 0.0448 e. The van der Waals surface area contributed by atoms with Gasteiger partial charge in [0, 0.05) is 40.3 Å². The summed E-state index contributed by atoms with van der Waals surface area (Å²) < 4.78 is 5.48. The molecule has 2 aromatic heterocycles. The molecule has 0 saturated carbocycles. The van der Waals surface area contributed by atoms with Crippen molar-refractivity contribution in [3.63, 3.8) is 0 Å². The van der Waals surface area contributed by atoms with Gasteiger partial charge in [-0.05, 0) is 112 Å². The molecule has 0 aliphatic rings. The van der Waals surface area contributed by atoms with Crippen LogP contribution in [0.1, 0.15) is 0 Å². The highest BCUT2D eigenvalue weighted by atomic mass is 32.1. The smallest absolute Gasteiger partial charge is 0.0448 e. The zero-order chi connectivity index (χ0) is 39.3. The number of rotatable bonds is 4. The van der Waals surface area contributed by atoms with E-state index in [4.69, 9.17) is 0 Å². The Labute approximate surface area is 354 Å². The van der Waals surface area contributed by atoms with E-state index in [0.29, 0.717) is 0 Å². The molecule has 11 aromatic carbocycles. The second kappa shape index (κ2) is 13.2. The molecule has 0 nitrogen and oxygen atoms in total. The van der Waals surface area contributed by atoms with Gasteiger partial charge in [0.05, 0.1) is 0 Å². The Balaban J connectivity index is 0.984. The Morgan fingerprint density at radius 3 is 1.58 bits per heavy atom. The van der Waals surface area contributed by atoms with Gasteiger partial charge in [0.25, 0.3) is 0 Å². The van der Waals surface area contributed by atoms with Crippen LogP contribution in [0.15, 0.2) is 206 Å². The summed E-state index contributed by atoms with van der Waals surface area (Å²) in [6.07, 6.45) is 0. The first-order chi connectivity index (χ1) is 29.8. The van der Waals surface area contributed by atoms with E-state index in [9.17, 15) is 0 Å². The number of benzene rings is 11. The molecule has 60 heavy (non-hydrogen) atoms. The third kappa shape index (κ3) is 5.02. The summed E-state index contributed by atoms with van der Waals surface area (Å²) in [6, 6.07) is 76.7. The monoisotopic (exact) mass is 794 g/mol. The molecule has 0 unspecified atom stereocenters. The molecule has 13 rings (SSSR count). The lowest BCUT2D eigenvalue weighted by Crippen LogP contribution is -1.92. The SMILES string of the molecule is c1ccc(-c2cccc(-c3c4ccccc4c(-c4ccc(-c5ccc6c(ccc7c6sc6ccc8c9ccccc9sc8c67)c5)c5ccccc45)c4ccccc34)c2)cc1. The Kier molecular flexibility index (Phi) is 7.45.